The molecule has 154 valence electrons. The van der Waals surface area contributed by atoms with Crippen LogP contribution in [-0.4, -0.2) is 61.6 Å². The van der Waals surface area contributed by atoms with Crippen LogP contribution in [0.3, 0.4) is 0 Å². The topological polar surface area (TPSA) is 58.4 Å². The summed E-state index contributed by atoms with van der Waals surface area (Å²) in [6.45, 7) is 6.52. The fourth-order valence-electron chi connectivity index (χ4n) is 3.05. The van der Waals surface area contributed by atoms with Crippen molar-refractivity contribution in [3.8, 4) is 5.75 Å². The van der Waals surface area contributed by atoms with Crippen LogP contribution < -0.4 is 15.0 Å². The number of anilines is 1. The molecule has 2 aromatic rings. The summed E-state index contributed by atoms with van der Waals surface area (Å²) in [5.74, 6) is 0.918. The Hall–Kier alpha value is -2.51. The predicted molar refractivity (Wildman–Crippen MR) is 120 cm³/mol. The van der Waals surface area contributed by atoms with E-state index in [-0.39, 0.29) is 5.91 Å². The van der Waals surface area contributed by atoms with E-state index in [0.29, 0.717) is 23.8 Å². The Labute approximate surface area is 176 Å². The Kier molecular flexibility index (Phi) is 7.95. The minimum atomic E-state index is -0.0670. The molecular weight excluding hydrogens is 384 g/mol. The van der Waals surface area contributed by atoms with Crippen LogP contribution in [0.5, 0.6) is 5.75 Å². The number of piperazine rings is 1. The zero-order chi connectivity index (χ0) is 20.5. The van der Waals surface area contributed by atoms with Crippen LogP contribution in [0.4, 0.5) is 11.4 Å². The molecule has 0 aromatic heterocycles. The van der Waals surface area contributed by atoms with Gasteiger partial charge in [0.15, 0.2) is 5.17 Å². The first kappa shape index (κ1) is 21.2. The SMILES string of the molecule is CCOc1ccccc1NC(=O)CSC(=Nc1ccccc1)N1CC[NH+](C)CC1. The maximum absolute atomic E-state index is 12.6. The maximum atomic E-state index is 12.6. The van der Waals surface area contributed by atoms with E-state index in [0.717, 1.165) is 37.0 Å². The number of amidine groups is 1. The third-order valence-electron chi connectivity index (χ3n) is 4.66. The lowest BCUT2D eigenvalue weighted by molar-refractivity contribution is -0.883. The van der Waals surface area contributed by atoms with E-state index < -0.39 is 0 Å². The predicted octanol–water partition coefficient (Wildman–Crippen LogP) is 2.27. The molecule has 2 aromatic carbocycles. The van der Waals surface area contributed by atoms with Crippen molar-refractivity contribution in [3.63, 3.8) is 0 Å². The van der Waals surface area contributed by atoms with Crippen molar-refractivity contribution in [2.75, 3.05) is 50.9 Å². The number of amides is 1. The van der Waals surface area contributed by atoms with Gasteiger partial charge in [0.05, 0.1) is 57.0 Å². The van der Waals surface area contributed by atoms with Crippen molar-refractivity contribution in [3.05, 3.63) is 54.6 Å². The van der Waals surface area contributed by atoms with Gasteiger partial charge in [-0.2, -0.15) is 0 Å². The van der Waals surface area contributed by atoms with Crippen LogP contribution in [-0.2, 0) is 4.79 Å². The van der Waals surface area contributed by atoms with Gasteiger partial charge in [-0.1, -0.05) is 42.1 Å². The second-order valence-electron chi connectivity index (χ2n) is 6.94. The third-order valence-corrected chi connectivity index (χ3v) is 5.68. The molecule has 1 aliphatic heterocycles. The Bertz CT molecular complexity index is 821. The molecule has 1 heterocycles. The van der Waals surface area contributed by atoms with Gasteiger partial charge in [0.25, 0.3) is 0 Å². The van der Waals surface area contributed by atoms with Gasteiger partial charge in [0.2, 0.25) is 5.91 Å². The molecule has 1 fully saturated rings. The number of hydrogen-bond acceptors (Lipinski definition) is 4. The van der Waals surface area contributed by atoms with E-state index in [1.54, 1.807) is 0 Å². The van der Waals surface area contributed by atoms with Gasteiger partial charge >= 0.3 is 0 Å². The Balaban J connectivity index is 1.66. The van der Waals surface area contributed by atoms with Gasteiger partial charge < -0.3 is 19.9 Å². The molecule has 3 rings (SSSR count). The highest BCUT2D eigenvalue weighted by Gasteiger charge is 2.21. The molecule has 0 bridgehead atoms. The number of likely N-dealkylation sites (N-methyl/N-ethyl adjacent to an activating group) is 1. The first-order valence-corrected chi connectivity index (χ1v) is 11.0. The summed E-state index contributed by atoms with van der Waals surface area (Å²) >= 11 is 1.48. The van der Waals surface area contributed by atoms with Crippen LogP contribution in [0.2, 0.25) is 0 Å². The summed E-state index contributed by atoms with van der Waals surface area (Å²) in [4.78, 5) is 21.2. The summed E-state index contributed by atoms with van der Waals surface area (Å²) in [6, 6.07) is 17.4. The molecule has 6 nitrogen and oxygen atoms in total. The van der Waals surface area contributed by atoms with E-state index in [1.165, 1.54) is 16.7 Å². The van der Waals surface area contributed by atoms with Gasteiger partial charge in [-0.15, -0.1) is 0 Å². The number of aliphatic imine (C=N–C) groups is 1. The van der Waals surface area contributed by atoms with Crippen molar-refractivity contribution in [2.24, 2.45) is 4.99 Å². The van der Waals surface area contributed by atoms with Crippen molar-refractivity contribution in [2.45, 2.75) is 6.92 Å². The summed E-state index contributed by atoms with van der Waals surface area (Å²) < 4.78 is 5.59. The molecule has 1 saturated heterocycles. The molecule has 29 heavy (non-hydrogen) atoms. The normalized spacial score (nSPS) is 15.2. The number of nitrogens with one attached hydrogen (secondary N) is 2. The highest BCUT2D eigenvalue weighted by Crippen LogP contribution is 2.24. The number of rotatable bonds is 6. The van der Waals surface area contributed by atoms with Gasteiger partial charge in [0.1, 0.15) is 5.75 Å². The lowest BCUT2D eigenvalue weighted by Gasteiger charge is -2.32. The Morgan fingerprint density at radius 3 is 2.55 bits per heavy atom. The highest BCUT2D eigenvalue weighted by molar-refractivity contribution is 8.14. The molecule has 2 N–H and O–H groups in total. The van der Waals surface area contributed by atoms with Gasteiger partial charge in [0, 0.05) is 0 Å². The van der Waals surface area contributed by atoms with Crippen molar-refractivity contribution < 1.29 is 14.4 Å². The molecular formula is C22H29N4O2S+. The smallest absolute Gasteiger partial charge is 0.234 e. The minimum absolute atomic E-state index is 0.0670. The average molecular weight is 414 g/mol. The number of thioether (sulfide) groups is 1. The Morgan fingerprint density at radius 2 is 1.83 bits per heavy atom. The molecule has 7 heteroatoms. The number of carbonyl (C=O) groups is 1. The fraction of sp³-hybridized carbons (Fsp3) is 0.364. The van der Waals surface area contributed by atoms with Crippen molar-refractivity contribution in [1.29, 1.82) is 0 Å². The average Bonchev–Trinajstić information content (AvgIpc) is 2.74. The molecule has 0 unspecified atom stereocenters. The molecule has 0 aliphatic carbocycles. The number of quaternary nitrogens is 1. The fourth-order valence-corrected chi connectivity index (χ4v) is 3.92. The second kappa shape index (κ2) is 10.9. The summed E-state index contributed by atoms with van der Waals surface area (Å²) in [6.07, 6.45) is 0. The summed E-state index contributed by atoms with van der Waals surface area (Å²) in [7, 11) is 2.21. The van der Waals surface area contributed by atoms with Crippen LogP contribution in [0.15, 0.2) is 59.6 Å². The van der Waals surface area contributed by atoms with Gasteiger partial charge in [-0.3, -0.25) is 4.79 Å². The number of ether oxygens (including phenoxy) is 1. The number of para-hydroxylation sites is 3. The lowest BCUT2D eigenvalue weighted by Crippen LogP contribution is -3.12. The highest BCUT2D eigenvalue weighted by atomic mass is 32.2. The minimum Gasteiger partial charge on any atom is -0.492 e. The van der Waals surface area contributed by atoms with E-state index in [1.807, 2.05) is 61.5 Å². The van der Waals surface area contributed by atoms with E-state index in [4.69, 9.17) is 9.73 Å². The summed E-state index contributed by atoms with van der Waals surface area (Å²) in [5.41, 5.74) is 1.60. The zero-order valence-corrected chi connectivity index (χ0v) is 17.9. The third kappa shape index (κ3) is 6.51. The quantitative estimate of drug-likeness (QED) is 0.564. The first-order valence-electron chi connectivity index (χ1n) is 10.00. The molecule has 0 atom stereocenters. The monoisotopic (exact) mass is 413 g/mol. The van der Waals surface area contributed by atoms with Crippen LogP contribution >= 0.6 is 11.8 Å². The lowest BCUT2D eigenvalue weighted by atomic mass is 10.3. The number of benzene rings is 2. The van der Waals surface area contributed by atoms with Crippen LogP contribution in [0.1, 0.15) is 6.92 Å². The standard InChI is InChI=1S/C22H28N4O2S/c1-3-28-20-12-8-7-11-19(20)24-21(27)17-29-22(23-18-9-5-4-6-10-18)26-15-13-25(2)14-16-26/h4-12H,3,13-17H2,1-2H3,(H,24,27)/p+1. The Morgan fingerprint density at radius 1 is 1.14 bits per heavy atom. The molecule has 0 saturated carbocycles. The molecule has 1 aliphatic rings. The zero-order valence-electron chi connectivity index (χ0n) is 17.1. The molecule has 1 amide bonds. The number of nitrogens with zero attached hydrogens (tertiary/aromatic N) is 2. The van der Waals surface area contributed by atoms with Crippen molar-refractivity contribution >= 4 is 34.2 Å². The molecule has 0 spiro atoms. The van der Waals surface area contributed by atoms with Crippen LogP contribution in [0.25, 0.3) is 0 Å². The van der Waals surface area contributed by atoms with Gasteiger partial charge in [-0.25, -0.2) is 4.99 Å². The largest absolute Gasteiger partial charge is 0.492 e. The number of hydrogen-bond donors (Lipinski definition) is 2. The van der Waals surface area contributed by atoms with E-state index in [2.05, 4.69) is 17.3 Å². The van der Waals surface area contributed by atoms with Crippen molar-refractivity contribution in [1.82, 2.24) is 4.90 Å². The van der Waals surface area contributed by atoms with E-state index >= 15 is 0 Å². The maximum Gasteiger partial charge on any atom is 0.234 e. The summed E-state index contributed by atoms with van der Waals surface area (Å²) in [5, 5.41) is 3.86. The second-order valence-corrected chi connectivity index (χ2v) is 7.88. The van der Waals surface area contributed by atoms with E-state index in [9.17, 15) is 4.79 Å². The molecule has 0 radical (unpaired) electrons. The van der Waals surface area contributed by atoms with Gasteiger partial charge in [-0.05, 0) is 31.2 Å². The first-order chi connectivity index (χ1) is 14.2. The van der Waals surface area contributed by atoms with Crippen LogP contribution in [0, 0.1) is 0 Å². The number of carbonyl (C=O) groups excluding carboxylic acids is 1.